The van der Waals surface area contributed by atoms with Gasteiger partial charge in [-0.3, -0.25) is 18.6 Å². The lowest BCUT2D eigenvalue weighted by Crippen LogP contribution is -2.29. The van der Waals surface area contributed by atoms with Gasteiger partial charge >= 0.3 is 19.8 Å². The molecule has 0 spiro atoms. The van der Waals surface area contributed by atoms with E-state index in [2.05, 4.69) is 111 Å². The highest BCUT2D eigenvalue weighted by Crippen LogP contribution is 2.43. The number of hydrogen-bond acceptors (Lipinski definition) is 8. The molecule has 0 rings (SSSR count). The average molecular weight is 900 g/mol. The Morgan fingerprint density at radius 2 is 0.825 bits per heavy atom. The first kappa shape index (κ1) is 59.9. The number of rotatable bonds is 45. The van der Waals surface area contributed by atoms with Crippen LogP contribution in [0, 0.1) is 0 Å². The molecule has 0 heterocycles. The molecular weight excluding hydrogens is 810 g/mol. The van der Waals surface area contributed by atoms with Crippen LogP contribution < -0.4 is 5.73 Å². The molecule has 63 heavy (non-hydrogen) atoms. The zero-order valence-corrected chi connectivity index (χ0v) is 40.7. The molecule has 0 fully saturated rings. The summed E-state index contributed by atoms with van der Waals surface area (Å²) in [5, 5.41) is 0. The van der Waals surface area contributed by atoms with Gasteiger partial charge in [-0.25, -0.2) is 4.57 Å². The summed E-state index contributed by atoms with van der Waals surface area (Å²) in [6, 6.07) is 0. The fourth-order valence-electron chi connectivity index (χ4n) is 6.38. The molecule has 0 amide bonds. The fourth-order valence-corrected chi connectivity index (χ4v) is 7.15. The summed E-state index contributed by atoms with van der Waals surface area (Å²) >= 11 is 0. The topological polar surface area (TPSA) is 134 Å². The Bertz CT molecular complexity index is 1350. The molecule has 0 bridgehead atoms. The second kappa shape index (κ2) is 48.4. The third-order valence-corrected chi connectivity index (χ3v) is 10.9. The van der Waals surface area contributed by atoms with Gasteiger partial charge in [0.05, 0.1) is 13.2 Å². The Kier molecular flexibility index (Phi) is 46.0. The predicted molar refractivity (Wildman–Crippen MR) is 265 cm³/mol. The maximum absolute atomic E-state index is 12.6. The molecule has 0 aliphatic heterocycles. The highest BCUT2D eigenvalue weighted by molar-refractivity contribution is 7.47. The summed E-state index contributed by atoms with van der Waals surface area (Å²) in [4.78, 5) is 35.1. The monoisotopic (exact) mass is 900 g/mol. The first-order valence-electron chi connectivity index (χ1n) is 24.7. The van der Waals surface area contributed by atoms with Gasteiger partial charge in [0.15, 0.2) is 6.10 Å². The molecule has 10 heteroatoms. The van der Waals surface area contributed by atoms with Crippen molar-refractivity contribution in [1.29, 1.82) is 0 Å². The first-order chi connectivity index (χ1) is 30.8. The van der Waals surface area contributed by atoms with Crippen LogP contribution in [-0.2, 0) is 32.7 Å². The lowest BCUT2D eigenvalue weighted by atomic mass is 10.1. The minimum atomic E-state index is -4.39. The summed E-state index contributed by atoms with van der Waals surface area (Å²) < 4.78 is 32.9. The number of allylic oxidation sites excluding steroid dienone is 16. The van der Waals surface area contributed by atoms with Gasteiger partial charge in [0.1, 0.15) is 6.61 Å². The SMILES string of the molecule is CC/C=C\C/C=C\C/C=C\C/C=C\CCCCCCCCCCC(=O)OCC(COP(=O)(O)OCCN)OC(=O)CCCCCCCCCC/C=C\C/C=C\C/C=C\C/C=C\CC. The standard InChI is InChI=1S/C53H90NO8P/c1-3-5-7-9-11-13-15-17-19-21-23-25-27-29-31-33-35-37-39-41-43-45-52(55)59-49-51(50-61-63(57,58)60-48-47-54)62-53(56)46-44-42-40-38-36-34-32-30-28-26-24-22-20-18-16-14-12-10-8-6-4-2/h5-8,11-14,17-20,23-26,51H,3-4,9-10,15-16,21-22,27-50,54H2,1-2H3,(H,57,58)/b7-5-,8-6-,13-11-,14-12-,19-17-,20-18-,25-23-,26-24-. The van der Waals surface area contributed by atoms with Crippen molar-refractivity contribution in [2.24, 2.45) is 5.73 Å². The minimum Gasteiger partial charge on any atom is -0.462 e. The minimum absolute atomic E-state index is 0.0455. The number of esters is 2. The zero-order valence-electron chi connectivity index (χ0n) is 39.8. The molecule has 0 aliphatic rings. The summed E-state index contributed by atoms with van der Waals surface area (Å²) in [5.41, 5.74) is 5.36. The van der Waals surface area contributed by atoms with Crippen molar-refractivity contribution in [3.63, 3.8) is 0 Å². The van der Waals surface area contributed by atoms with Gasteiger partial charge < -0.3 is 20.1 Å². The molecule has 2 atom stereocenters. The summed E-state index contributed by atoms with van der Waals surface area (Å²) in [6.45, 7) is 3.49. The van der Waals surface area contributed by atoms with E-state index in [0.717, 1.165) is 109 Å². The molecule has 0 aromatic carbocycles. The quantitative estimate of drug-likeness (QED) is 0.0265. The van der Waals surface area contributed by atoms with Gasteiger partial charge in [-0.1, -0.05) is 188 Å². The molecule has 360 valence electrons. The van der Waals surface area contributed by atoms with E-state index >= 15 is 0 Å². The maximum Gasteiger partial charge on any atom is 0.472 e. The van der Waals surface area contributed by atoms with Gasteiger partial charge in [0, 0.05) is 19.4 Å². The van der Waals surface area contributed by atoms with Crippen molar-refractivity contribution in [1.82, 2.24) is 0 Å². The molecule has 0 aromatic heterocycles. The van der Waals surface area contributed by atoms with Crippen LogP contribution in [0.15, 0.2) is 97.2 Å². The third kappa shape index (κ3) is 48.2. The lowest BCUT2D eigenvalue weighted by Gasteiger charge is -2.19. The van der Waals surface area contributed by atoms with E-state index in [9.17, 15) is 19.0 Å². The number of hydrogen-bond donors (Lipinski definition) is 2. The van der Waals surface area contributed by atoms with Crippen LogP contribution in [0.3, 0.4) is 0 Å². The maximum atomic E-state index is 12.6. The Hall–Kier alpha value is -3.07. The summed E-state index contributed by atoms with van der Waals surface area (Å²) in [7, 11) is -4.39. The normalized spacial score (nSPS) is 14.0. The number of unbranched alkanes of at least 4 members (excludes halogenated alkanes) is 16. The van der Waals surface area contributed by atoms with Gasteiger partial charge in [0.2, 0.25) is 0 Å². The van der Waals surface area contributed by atoms with Gasteiger partial charge in [0.25, 0.3) is 0 Å². The largest absolute Gasteiger partial charge is 0.472 e. The van der Waals surface area contributed by atoms with Gasteiger partial charge in [-0.05, 0) is 89.9 Å². The number of nitrogens with two attached hydrogens (primary N) is 1. The number of ether oxygens (including phenoxy) is 2. The van der Waals surface area contributed by atoms with Crippen molar-refractivity contribution in [2.75, 3.05) is 26.4 Å². The van der Waals surface area contributed by atoms with Crippen molar-refractivity contribution in [2.45, 2.75) is 200 Å². The Balaban J connectivity index is 4.12. The highest BCUT2D eigenvalue weighted by Gasteiger charge is 2.26. The Labute approximate surface area is 385 Å². The molecule has 0 saturated carbocycles. The number of phosphoric acid groups is 1. The molecule has 9 nitrogen and oxygen atoms in total. The molecule has 0 radical (unpaired) electrons. The smallest absolute Gasteiger partial charge is 0.462 e. The van der Waals surface area contributed by atoms with Crippen molar-refractivity contribution < 1.29 is 37.6 Å². The van der Waals surface area contributed by atoms with Crippen molar-refractivity contribution >= 4 is 19.8 Å². The van der Waals surface area contributed by atoms with Crippen LogP contribution >= 0.6 is 7.82 Å². The second-order valence-electron chi connectivity index (χ2n) is 15.9. The van der Waals surface area contributed by atoms with Gasteiger partial charge in [-0.2, -0.15) is 0 Å². The van der Waals surface area contributed by atoms with Crippen LogP contribution in [0.1, 0.15) is 194 Å². The van der Waals surface area contributed by atoms with E-state index in [1.165, 1.54) is 51.4 Å². The average Bonchev–Trinajstić information content (AvgIpc) is 3.27. The molecule has 2 unspecified atom stereocenters. The van der Waals surface area contributed by atoms with E-state index in [1.54, 1.807) is 0 Å². The van der Waals surface area contributed by atoms with E-state index in [-0.39, 0.29) is 32.6 Å². The first-order valence-corrected chi connectivity index (χ1v) is 26.2. The molecule has 0 aromatic rings. The van der Waals surface area contributed by atoms with Crippen LogP contribution in [0.25, 0.3) is 0 Å². The Morgan fingerprint density at radius 1 is 0.476 bits per heavy atom. The van der Waals surface area contributed by atoms with Crippen molar-refractivity contribution in [3.05, 3.63) is 97.2 Å². The second-order valence-corrected chi connectivity index (χ2v) is 17.4. The van der Waals surface area contributed by atoms with Crippen molar-refractivity contribution in [3.8, 4) is 0 Å². The van der Waals surface area contributed by atoms with E-state index < -0.39 is 32.5 Å². The molecule has 0 saturated heterocycles. The van der Waals surface area contributed by atoms with Crippen LogP contribution in [0.4, 0.5) is 0 Å². The van der Waals surface area contributed by atoms with E-state index in [4.69, 9.17) is 24.3 Å². The number of phosphoric ester groups is 1. The Morgan fingerprint density at radius 3 is 1.22 bits per heavy atom. The molecule has 0 aliphatic carbocycles. The number of carbonyl (C=O) groups is 2. The lowest BCUT2D eigenvalue weighted by molar-refractivity contribution is -0.161. The van der Waals surface area contributed by atoms with Crippen LogP contribution in [0.2, 0.25) is 0 Å². The van der Waals surface area contributed by atoms with Gasteiger partial charge in [-0.15, -0.1) is 0 Å². The summed E-state index contributed by atoms with van der Waals surface area (Å²) in [6.07, 6.45) is 62.9. The third-order valence-electron chi connectivity index (χ3n) is 9.97. The van der Waals surface area contributed by atoms with Crippen LogP contribution in [0.5, 0.6) is 0 Å². The van der Waals surface area contributed by atoms with Crippen LogP contribution in [-0.4, -0.2) is 49.3 Å². The van der Waals surface area contributed by atoms with E-state index in [1.807, 2.05) is 0 Å². The molecular formula is C53H90NO8P. The van der Waals surface area contributed by atoms with E-state index in [0.29, 0.717) is 6.42 Å². The molecule has 3 N–H and O–H groups in total. The predicted octanol–water partition coefficient (Wildman–Crippen LogP) is 14.9. The summed E-state index contributed by atoms with van der Waals surface area (Å²) in [5.74, 6) is -0.853. The zero-order chi connectivity index (χ0) is 46.0. The fraction of sp³-hybridized carbons (Fsp3) is 0.660. The highest BCUT2D eigenvalue weighted by atomic mass is 31.2. The number of carbonyl (C=O) groups excluding carboxylic acids is 2.